The molecule has 12 heteroatoms. The maximum Gasteiger partial charge on any atom is 0.416 e. The molecule has 1 aromatic heterocycles. The first-order valence-electron chi connectivity index (χ1n) is 7.15. The minimum absolute atomic E-state index is 0.0218. The molecule has 0 bridgehead atoms. The molecule has 0 aliphatic heterocycles. The highest BCUT2D eigenvalue weighted by molar-refractivity contribution is 5.86. The van der Waals surface area contributed by atoms with Gasteiger partial charge in [0.05, 0.1) is 16.8 Å². The van der Waals surface area contributed by atoms with Crippen molar-refractivity contribution in [1.82, 2.24) is 4.98 Å². The summed E-state index contributed by atoms with van der Waals surface area (Å²) in [7, 11) is 0. The van der Waals surface area contributed by atoms with Crippen molar-refractivity contribution >= 4 is 23.4 Å². The van der Waals surface area contributed by atoms with E-state index in [1.165, 1.54) is 12.1 Å². The van der Waals surface area contributed by atoms with Crippen molar-refractivity contribution in [3.05, 3.63) is 47.0 Å². The zero-order chi connectivity index (χ0) is 20.4. The van der Waals surface area contributed by atoms with E-state index in [0.29, 0.717) is 12.1 Å². The van der Waals surface area contributed by atoms with Crippen LogP contribution in [0, 0.1) is 0 Å². The number of aromatic nitrogens is 1. The smallest absolute Gasteiger partial charge is 0.416 e. The summed E-state index contributed by atoms with van der Waals surface area (Å²) in [6.45, 7) is -0.398. The number of amides is 1. The molecule has 0 fully saturated rings. The SMILES string of the molecule is Nc1nc(NCc2cc(C(F)(F)F)cc(C(F)(F)F)c2)ccc1NC(=O)O. The predicted molar refractivity (Wildman–Crippen MR) is 84.1 cm³/mol. The first-order chi connectivity index (χ1) is 12.4. The van der Waals surface area contributed by atoms with Gasteiger partial charge in [-0.25, -0.2) is 9.78 Å². The average molecular weight is 394 g/mol. The monoisotopic (exact) mass is 394 g/mol. The Morgan fingerprint density at radius 2 is 1.59 bits per heavy atom. The molecule has 6 nitrogen and oxygen atoms in total. The number of rotatable bonds is 4. The average Bonchev–Trinajstić information content (AvgIpc) is 2.53. The number of alkyl halides is 6. The standard InChI is InChI=1S/C15H12F6N4O2/c16-14(17,18)8-3-7(4-9(5-8)15(19,20)21)6-23-11-2-1-10(12(22)25-11)24-13(26)27/h1-5,24H,6H2,(H,26,27)(H3,22,23,25). The fraction of sp³-hybridized carbons (Fsp3) is 0.200. The van der Waals surface area contributed by atoms with Crippen LogP contribution in [0.4, 0.5) is 48.5 Å². The Morgan fingerprint density at radius 3 is 2.04 bits per heavy atom. The minimum Gasteiger partial charge on any atom is -0.465 e. The maximum atomic E-state index is 12.8. The van der Waals surface area contributed by atoms with E-state index in [1.54, 1.807) is 0 Å². The van der Waals surface area contributed by atoms with Crippen LogP contribution in [0.3, 0.4) is 0 Å². The van der Waals surface area contributed by atoms with Crippen molar-refractivity contribution in [2.75, 3.05) is 16.4 Å². The topological polar surface area (TPSA) is 100 Å². The normalized spacial score (nSPS) is 11.9. The molecule has 0 unspecified atom stereocenters. The van der Waals surface area contributed by atoms with Crippen LogP contribution in [-0.2, 0) is 18.9 Å². The molecule has 0 spiro atoms. The van der Waals surface area contributed by atoms with Crippen LogP contribution in [0.25, 0.3) is 0 Å². The molecule has 0 atom stereocenters. The van der Waals surface area contributed by atoms with E-state index in [0.717, 1.165) is 0 Å². The van der Waals surface area contributed by atoms with Crippen molar-refractivity contribution in [2.45, 2.75) is 18.9 Å². The maximum absolute atomic E-state index is 12.8. The van der Waals surface area contributed by atoms with Crippen LogP contribution < -0.4 is 16.4 Å². The Kier molecular flexibility index (Phi) is 5.38. The Bertz CT molecular complexity index is 819. The lowest BCUT2D eigenvalue weighted by Crippen LogP contribution is -2.13. The van der Waals surface area contributed by atoms with Crippen molar-refractivity contribution in [1.29, 1.82) is 0 Å². The van der Waals surface area contributed by atoms with Gasteiger partial charge in [-0.1, -0.05) is 0 Å². The highest BCUT2D eigenvalue weighted by atomic mass is 19.4. The fourth-order valence-corrected chi connectivity index (χ4v) is 2.11. The summed E-state index contributed by atoms with van der Waals surface area (Å²) in [5, 5.41) is 13.1. The number of nitrogens with zero attached hydrogens (tertiary/aromatic N) is 1. The minimum atomic E-state index is -4.94. The van der Waals surface area contributed by atoms with E-state index in [1.807, 2.05) is 5.32 Å². The van der Waals surface area contributed by atoms with Gasteiger partial charge in [-0.3, -0.25) is 5.32 Å². The number of nitrogens with two attached hydrogens (primary N) is 1. The number of halogens is 6. The zero-order valence-electron chi connectivity index (χ0n) is 13.2. The number of carboxylic acid groups (broad SMARTS) is 1. The lowest BCUT2D eigenvalue weighted by Gasteiger charge is -2.15. The molecule has 27 heavy (non-hydrogen) atoms. The van der Waals surface area contributed by atoms with Crippen LogP contribution in [-0.4, -0.2) is 16.2 Å². The summed E-state index contributed by atoms with van der Waals surface area (Å²) in [6, 6.07) is 3.72. The van der Waals surface area contributed by atoms with E-state index >= 15 is 0 Å². The van der Waals surface area contributed by atoms with Crippen LogP contribution in [0.2, 0.25) is 0 Å². The molecule has 2 rings (SSSR count). The van der Waals surface area contributed by atoms with E-state index in [2.05, 4.69) is 10.3 Å². The van der Waals surface area contributed by atoms with Gasteiger partial charge in [-0.2, -0.15) is 26.3 Å². The lowest BCUT2D eigenvalue weighted by molar-refractivity contribution is -0.143. The predicted octanol–water partition coefficient (Wildman–Crippen LogP) is 4.40. The number of nitrogen functional groups attached to an aromatic ring is 1. The van der Waals surface area contributed by atoms with Crippen LogP contribution in [0.1, 0.15) is 16.7 Å². The second-order valence-corrected chi connectivity index (χ2v) is 5.33. The van der Waals surface area contributed by atoms with Crippen molar-refractivity contribution in [2.24, 2.45) is 0 Å². The van der Waals surface area contributed by atoms with E-state index in [-0.39, 0.29) is 29.0 Å². The Labute approximate surface area is 148 Å². The van der Waals surface area contributed by atoms with Gasteiger partial charge in [0.25, 0.3) is 0 Å². The van der Waals surface area contributed by atoms with Crippen molar-refractivity contribution in [3.8, 4) is 0 Å². The van der Waals surface area contributed by atoms with Gasteiger partial charge in [-0.15, -0.1) is 0 Å². The molecule has 0 aliphatic rings. The summed E-state index contributed by atoms with van der Waals surface area (Å²) in [6.07, 6.45) is -11.3. The lowest BCUT2D eigenvalue weighted by atomic mass is 10.0. The van der Waals surface area contributed by atoms with Gasteiger partial charge in [0.15, 0.2) is 0 Å². The Hall–Kier alpha value is -3.18. The number of pyridine rings is 1. The molecule has 0 saturated carbocycles. The van der Waals surface area contributed by atoms with Crippen LogP contribution in [0.5, 0.6) is 0 Å². The van der Waals surface area contributed by atoms with E-state index < -0.39 is 36.1 Å². The molecule has 1 heterocycles. The Balaban J connectivity index is 2.24. The van der Waals surface area contributed by atoms with E-state index in [9.17, 15) is 31.1 Å². The first-order valence-corrected chi connectivity index (χ1v) is 7.15. The molecule has 1 amide bonds. The van der Waals surface area contributed by atoms with Crippen LogP contribution in [0.15, 0.2) is 30.3 Å². The van der Waals surface area contributed by atoms with Gasteiger partial charge >= 0.3 is 18.4 Å². The van der Waals surface area contributed by atoms with Crippen molar-refractivity contribution in [3.63, 3.8) is 0 Å². The Morgan fingerprint density at radius 1 is 1.04 bits per heavy atom. The third-order valence-electron chi connectivity index (χ3n) is 3.29. The fourth-order valence-electron chi connectivity index (χ4n) is 2.11. The number of hydrogen-bond acceptors (Lipinski definition) is 4. The van der Waals surface area contributed by atoms with Crippen LogP contribution >= 0.6 is 0 Å². The van der Waals surface area contributed by atoms with Gasteiger partial charge < -0.3 is 16.2 Å². The molecular formula is C15H12F6N4O2. The second-order valence-electron chi connectivity index (χ2n) is 5.33. The molecule has 0 saturated heterocycles. The highest BCUT2D eigenvalue weighted by Gasteiger charge is 2.36. The molecule has 0 aliphatic carbocycles. The summed E-state index contributed by atoms with van der Waals surface area (Å²) >= 11 is 0. The number of carbonyl (C=O) groups is 1. The summed E-state index contributed by atoms with van der Waals surface area (Å²) < 4.78 is 77.0. The largest absolute Gasteiger partial charge is 0.465 e. The molecule has 5 N–H and O–H groups in total. The second kappa shape index (κ2) is 7.21. The van der Waals surface area contributed by atoms with Gasteiger partial charge in [0, 0.05) is 6.54 Å². The van der Waals surface area contributed by atoms with Gasteiger partial charge in [0.2, 0.25) is 0 Å². The highest BCUT2D eigenvalue weighted by Crippen LogP contribution is 2.36. The summed E-state index contributed by atoms with van der Waals surface area (Å²) in [5.74, 6) is -0.183. The first kappa shape index (κ1) is 20.1. The zero-order valence-corrected chi connectivity index (χ0v) is 13.2. The molecule has 146 valence electrons. The quantitative estimate of drug-likeness (QED) is 0.576. The molecule has 1 aromatic carbocycles. The number of hydrogen-bond donors (Lipinski definition) is 4. The number of nitrogens with one attached hydrogen (secondary N) is 2. The molecular weight excluding hydrogens is 382 g/mol. The number of anilines is 3. The summed E-state index contributed by atoms with van der Waals surface area (Å²) in [4.78, 5) is 14.3. The third kappa shape index (κ3) is 5.39. The van der Waals surface area contributed by atoms with Crippen molar-refractivity contribution < 1.29 is 36.2 Å². The van der Waals surface area contributed by atoms with Gasteiger partial charge in [-0.05, 0) is 35.9 Å². The molecule has 2 aromatic rings. The van der Waals surface area contributed by atoms with Gasteiger partial charge in [0.1, 0.15) is 11.6 Å². The third-order valence-corrected chi connectivity index (χ3v) is 3.29. The van der Waals surface area contributed by atoms with E-state index in [4.69, 9.17) is 10.8 Å². The number of benzene rings is 1. The summed E-state index contributed by atoms with van der Waals surface area (Å²) in [5.41, 5.74) is 2.38. The molecule has 0 radical (unpaired) electrons.